The second kappa shape index (κ2) is 4.46. The van der Waals surface area contributed by atoms with Crippen LogP contribution in [0.25, 0.3) is 0 Å². The molecule has 0 bridgehead atoms. The first-order chi connectivity index (χ1) is 5.34. The molecule has 60 valence electrons. The highest BCUT2D eigenvalue weighted by Crippen LogP contribution is 2.15. The normalized spacial score (nSPS) is 10.0. The van der Waals surface area contributed by atoms with Crippen LogP contribution in [-0.2, 0) is 6.42 Å². The summed E-state index contributed by atoms with van der Waals surface area (Å²) in [7, 11) is 0. The number of hydrogen-bond acceptors (Lipinski definition) is 2. The predicted molar refractivity (Wildman–Crippen MR) is 49.3 cm³/mol. The van der Waals surface area contributed by atoms with E-state index in [4.69, 9.17) is 5.73 Å². The highest BCUT2D eigenvalue weighted by molar-refractivity contribution is 9.10. The third-order valence-electron chi connectivity index (χ3n) is 1.51. The summed E-state index contributed by atoms with van der Waals surface area (Å²) in [6.07, 6.45) is 5.67. The Kier molecular flexibility index (Phi) is 3.52. The zero-order chi connectivity index (χ0) is 8.10. The van der Waals surface area contributed by atoms with E-state index in [9.17, 15) is 0 Å². The van der Waals surface area contributed by atoms with Crippen LogP contribution in [0.2, 0.25) is 0 Å². The molecule has 0 aliphatic carbocycles. The van der Waals surface area contributed by atoms with Crippen LogP contribution < -0.4 is 5.73 Å². The van der Waals surface area contributed by atoms with Crippen LogP contribution in [0.15, 0.2) is 22.9 Å². The molecule has 1 aromatic heterocycles. The molecule has 0 aliphatic heterocycles. The summed E-state index contributed by atoms with van der Waals surface area (Å²) in [4.78, 5) is 3.97. The number of nitrogens with zero attached hydrogens (tertiary/aromatic N) is 1. The second-order valence-electron chi connectivity index (χ2n) is 2.36. The number of nitrogens with two attached hydrogens (primary N) is 1. The van der Waals surface area contributed by atoms with E-state index in [1.165, 1.54) is 5.56 Å². The average molecular weight is 215 g/mol. The summed E-state index contributed by atoms with van der Waals surface area (Å²) >= 11 is 3.42. The number of aryl methyl sites for hydroxylation is 1. The minimum Gasteiger partial charge on any atom is -0.330 e. The van der Waals surface area contributed by atoms with E-state index in [1.54, 1.807) is 6.20 Å². The maximum Gasteiger partial charge on any atom is 0.0412 e. The Morgan fingerprint density at radius 2 is 2.36 bits per heavy atom. The van der Waals surface area contributed by atoms with Crippen molar-refractivity contribution in [3.8, 4) is 0 Å². The van der Waals surface area contributed by atoms with E-state index < -0.39 is 0 Å². The van der Waals surface area contributed by atoms with Gasteiger partial charge in [-0.2, -0.15) is 0 Å². The minimum absolute atomic E-state index is 0.745. The van der Waals surface area contributed by atoms with Gasteiger partial charge in [0.05, 0.1) is 0 Å². The molecule has 2 nitrogen and oxygen atoms in total. The lowest BCUT2D eigenvalue weighted by Gasteiger charge is -2.00. The Morgan fingerprint density at radius 1 is 1.55 bits per heavy atom. The Balaban J connectivity index is 2.62. The number of hydrogen-bond donors (Lipinski definition) is 1. The lowest BCUT2D eigenvalue weighted by atomic mass is 10.1. The molecule has 1 rings (SSSR count). The van der Waals surface area contributed by atoms with E-state index in [0.29, 0.717) is 0 Å². The van der Waals surface area contributed by atoms with Crippen molar-refractivity contribution in [2.24, 2.45) is 5.73 Å². The van der Waals surface area contributed by atoms with E-state index >= 15 is 0 Å². The monoisotopic (exact) mass is 214 g/mol. The molecular formula is C8H11BrN2. The van der Waals surface area contributed by atoms with Gasteiger partial charge in [-0.1, -0.05) is 0 Å². The van der Waals surface area contributed by atoms with Crippen LogP contribution in [-0.4, -0.2) is 11.5 Å². The van der Waals surface area contributed by atoms with Gasteiger partial charge >= 0.3 is 0 Å². The van der Waals surface area contributed by atoms with Crippen molar-refractivity contribution in [2.45, 2.75) is 12.8 Å². The quantitative estimate of drug-likeness (QED) is 0.833. The fourth-order valence-corrected chi connectivity index (χ4v) is 1.35. The standard InChI is InChI=1S/C8H11BrN2/c9-8-6-11-5-3-7(8)2-1-4-10/h3,5-6H,1-2,4,10H2. The Morgan fingerprint density at radius 3 is 3.00 bits per heavy atom. The van der Waals surface area contributed by atoms with Crippen molar-refractivity contribution >= 4 is 15.9 Å². The van der Waals surface area contributed by atoms with E-state index in [2.05, 4.69) is 20.9 Å². The summed E-state index contributed by atoms with van der Waals surface area (Å²) in [6, 6.07) is 2.01. The number of halogens is 1. The molecule has 1 aromatic rings. The van der Waals surface area contributed by atoms with Gasteiger partial charge in [0.2, 0.25) is 0 Å². The topological polar surface area (TPSA) is 38.9 Å². The van der Waals surface area contributed by atoms with Gasteiger partial charge in [0.15, 0.2) is 0 Å². The fraction of sp³-hybridized carbons (Fsp3) is 0.375. The maximum atomic E-state index is 5.40. The van der Waals surface area contributed by atoms with Gasteiger partial charge in [-0.05, 0) is 46.9 Å². The van der Waals surface area contributed by atoms with Crippen molar-refractivity contribution in [1.82, 2.24) is 4.98 Å². The molecule has 0 aliphatic rings. The SMILES string of the molecule is NCCCc1ccncc1Br. The van der Waals surface area contributed by atoms with E-state index in [-0.39, 0.29) is 0 Å². The first-order valence-electron chi connectivity index (χ1n) is 3.63. The molecule has 0 amide bonds. The molecule has 1 heterocycles. The van der Waals surface area contributed by atoms with Crippen LogP contribution in [0.5, 0.6) is 0 Å². The largest absolute Gasteiger partial charge is 0.330 e. The fourth-order valence-electron chi connectivity index (χ4n) is 0.899. The van der Waals surface area contributed by atoms with Gasteiger partial charge < -0.3 is 5.73 Å². The first kappa shape index (κ1) is 8.68. The summed E-state index contributed by atoms with van der Waals surface area (Å²) in [5.74, 6) is 0. The van der Waals surface area contributed by atoms with Gasteiger partial charge in [0.25, 0.3) is 0 Å². The Bertz CT molecular complexity index is 225. The molecule has 3 heteroatoms. The highest BCUT2D eigenvalue weighted by Gasteiger charge is 1.96. The Labute approximate surface area is 75.0 Å². The molecule has 0 aromatic carbocycles. The summed E-state index contributed by atoms with van der Waals surface area (Å²) < 4.78 is 1.08. The van der Waals surface area contributed by atoms with Gasteiger partial charge in [0, 0.05) is 16.9 Å². The molecule has 0 radical (unpaired) electrons. The molecule has 0 unspecified atom stereocenters. The third-order valence-corrected chi connectivity index (χ3v) is 2.22. The summed E-state index contributed by atoms with van der Waals surface area (Å²) in [5.41, 5.74) is 6.68. The van der Waals surface area contributed by atoms with Gasteiger partial charge in [-0.25, -0.2) is 0 Å². The predicted octanol–water partition coefficient (Wildman–Crippen LogP) is 1.74. The van der Waals surface area contributed by atoms with Crippen LogP contribution in [0.1, 0.15) is 12.0 Å². The van der Waals surface area contributed by atoms with Crippen LogP contribution >= 0.6 is 15.9 Å². The first-order valence-corrected chi connectivity index (χ1v) is 4.42. The van der Waals surface area contributed by atoms with Crippen LogP contribution in [0.3, 0.4) is 0 Å². The van der Waals surface area contributed by atoms with Crippen molar-refractivity contribution in [3.63, 3.8) is 0 Å². The lowest BCUT2D eigenvalue weighted by Crippen LogP contribution is -2.00. The molecule has 2 N–H and O–H groups in total. The van der Waals surface area contributed by atoms with Gasteiger partial charge in [-0.3, -0.25) is 4.98 Å². The van der Waals surface area contributed by atoms with Gasteiger partial charge in [-0.15, -0.1) is 0 Å². The van der Waals surface area contributed by atoms with Crippen LogP contribution in [0.4, 0.5) is 0 Å². The second-order valence-corrected chi connectivity index (χ2v) is 3.21. The molecule has 0 saturated carbocycles. The Hall–Kier alpha value is -0.410. The lowest BCUT2D eigenvalue weighted by molar-refractivity contribution is 0.828. The van der Waals surface area contributed by atoms with Crippen molar-refractivity contribution in [3.05, 3.63) is 28.5 Å². The summed E-state index contributed by atoms with van der Waals surface area (Å²) in [5, 5.41) is 0. The van der Waals surface area contributed by atoms with E-state index in [1.807, 2.05) is 12.3 Å². The van der Waals surface area contributed by atoms with Crippen molar-refractivity contribution < 1.29 is 0 Å². The maximum absolute atomic E-state index is 5.40. The zero-order valence-electron chi connectivity index (χ0n) is 6.26. The van der Waals surface area contributed by atoms with Crippen LogP contribution in [0, 0.1) is 0 Å². The zero-order valence-corrected chi connectivity index (χ0v) is 7.84. The van der Waals surface area contributed by atoms with Crippen molar-refractivity contribution in [2.75, 3.05) is 6.54 Å². The molecule has 0 spiro atoms. The molecule has 0 atom stereocenters. The van der Waals surface area contributed by atoms with Crippen molar-refractivity contribution in [1.29, 1.82) is 0 Å². The average Bonchev–Trinajstić information content (AvgIpc) is 2.03. The molecule has 0 saturated heterocycles. The molecule has 0 fully saturated rings. The number of rotatable bonds is 3. The minimum atomic E-state index is 0.745. The number of aromatic nitrogens is 1. The van der Waals surface area contributed by atoms with E-state index in [0.717, 1.165) is 23.9 Å². The summed E-state index contributed by atoms with van der Waals surface area (Å²) in [6.45, 7) is 0.745. The highest BCUT2D eigenvalue weighted by atomic mass is 79.9. The third kappa shape index (κ3) is 2.60. The smallest absolute Gasteiger partial charge is 0.0412 e. The molecule has 11 heavy (non-hydrogen) atoms. The van der Waals surface area contributed by atoms with Gasteiger partial charge in [0.1, 0.15) is 0 Å². The molecular weight excluding hydrogens is 204 g/mol. The number of pyridine rings is 1.